The van der Waals surface area contributed by atoms with Gasteiger partial charge >= 0.3 is 0 Å². The molecule has 3 nitrogen and oxygen atoms in total. The lowest BCUT2D eigenvalue weighted by atomic mass is 10.1. The molecule has 1 fully saturated rings. The second kappa shape index (κ2) is 5.47. The van der Waals surface area contributed by atoms with E-state index < -0.39 is 0 Å². The van der Waals surface area contributed by atoms with Crippen molar-refractivity contribution in [2.75, 3.05) is 20.3 Å². The Morgan fingerprint density at radius 3 is 3.00 bits per heavy atom. The lowest BCUT2D eigenvalue weighted by Gasteiger charge is -2.31. The van der Waals surface area contributed by atoms with Crippen molar-refractivity contribution < 1.29 is 13.9 Å². The van der Waals surface area contributed by atoms with Crippen molar-refractivity contribution in [2.45, 2.75) is 25.5 Å². The van der Waals surface area contributed by atoms with Gasteiger partial charge in [0, 0.05) is 18.7 Å². The summed E-state index contributed by atoms with van der Waals surface area (Å²) >= 11 is 0. The van der Waals surface area contributed by atoms with Crippen LogP contribution in [0.25, 0.3) is 0 Å². The van der Waals surface area contributed by atoms with Gasteiger partial charge in [-0.25, -0.2) is 4.39 Å². The van der Waals surface area contributed by atoms with E-state index in [0.29, 0.717) is 17.9 Å². The summed E-state index contributed by atoms with van der Waals surface area (Å²) in [5, 5.41) is 3.20. The number of halogens is 1. The summed E-state index contributed by atoms with van der Waals surface area (Å²) in [5.74, 6) is 0.323. The number of benzene rings is 1. The molecule has 2 unspecified atom stereocenters. The van der Waals surface area contributed by atoms with Crippen molar-refractivity contribution in [3.8, 4) is 5.75 Å². The Morgan fingerprint density at radius 2 is 2.29 bits per heavy atom. The minimum Gasteiger partial charge on any atom is -0.486 e. The first-order valence-electron chi connectivity index (χ1n) is 5.88. The van der Waals surface area contributed by atoms with E-state index in [1.54, 1.807) is 19.1 Å². The smallest absolute Gasteiger partial charge is 0.137 e. The maximum Gasteiger partial charge on any atom is 0.137 e. The van der Waals surface area contributed by atoms with Gasteiger partial charge in [0.2, 0.25) is 0 Å². The Kier molecular flexibility index (Phi) is 3.97. The highest BCUT2D eigenvalue weighted by molar-refractivity contribution is 5.28. The lowest BCUT2D eigenvalue weighted by Crippen LogP contribution is -2.48. The van der Waals surface area contributed by atoms with Crippen LogP contribution in [0.3, 0.4) is 0 Å². The first-order valence-corrected chi connectivity index (χ1v) is 5.88. The van der Waals surface area contributed by atoms with Crippen molar-refractivity contribution in [3.05, 3.63) is 29.6 Å². The molecule has 2 atom stereocenters. The second-order valence-corrected chi connectivity index (χ2v) is 4.33. The van der Waals surface area contributed by atoms with Crippen LogP contribution in [0.5, 0.6) is 5.75 Å². The molecule has 17 heavy (non-hydrogen) atoms. The van der Waals surface area contributed by atoms with Crippen LogP contribution in [0.15, 0.2) is 18.2 Å². The maximum atomic E-state index is 13.4. The molecular formula is C13H18FNO2. The average molecular weight is 239 g/mol. The van der Waals surface area contributed by atoms with Crippen LogP contribution in [0.4, 0.5) is 4.39 Å². The number of aryl methyl sites for hydroxylation is 1. The summed E-state index contributed by atoms with van der Waals surface area (Å²) in [5.41, 5.74) is 0.627. The van der Waals surface area contributed by atoms with E-state index in [1.165, 1.54) is 6.07 Å². The normalized spacial score (nSPS) is 24.6. The molecule has 0 spiro atoms. The Morgan fingerprint density at radius 1 is 1.47 bits per heavy atom. The number of hydrogen-bond donors (Lipinski definition) is 1. The van der Waals surface area contributed by atoms with Crippen LogP contribution in [0.2, 0.25) is 0 Å². The number of nitrogens with one attached hydrogen (secondary N) is 1. The molecule has 1 aliphatic rings. The number of likely N-dealkylation sites (N-methyl/N-ethyl adjacent to an activating group) is 1. The molecule has 0 bridgehead atoms. The average Bonchev–Trinajstić information content (AvgIpc) is 2.34. The van der Waals surface area contributed by atoms with Crippen molar-refractivity contribution in [2.24, 2.45) is 0 Å². The van der Waals surface area contributed by atoms with Gasteiger partial charge in [0.15, 0.2) is 0 Å². The second-order valence-electron chi connectivity index (χ2n) is 4.33. The van der Waals surface area contributed by atoms with E-state index in [2.05, 4.69) is 5.32 Å². The third kappa shape index (κ3) is 2.96. The van der Waals surface area contributed by atoms with Crippen LogP contribution >= 0.6 is 0 Å². The topological polar surface area (TPSA) is 30.5 Å². The van der Waals surface area contributed by atoms with Gasteiger partial charge in [-0.3, -0.25) is 0 Å². The van der Waals surface area contributed by atoms with Crippen molar-refractivity contribution >= 4 is 0 Å². The van der Waals surface area contributed by atoms with Crippen LogP contribution in [-0.2, 0) is 4.74 Å². The molecule has 1 N–H and O–H groups in total. The van der Waals surface area contributed by atoms with Crippen molar-refractivity contribution in [3.63, 3.8) is 0 Å². The van der Waals surface area contributed by atoms with Gasteiger partial charge < -0.3 is 14.8 Å². The molecular weight excluding hydrogens is 221 g/mol. The SMILES string of the molecule is CNC1CCOCC1Oc1ccc(C)c(F)c1. The Bertz CT molecular complexity index is 384. The van der Waals surface area contributed by atoms with E-state index in [9.17, 15) is 4.39 Å². The molecule has 0 radical (unpaired) electrons. The fraction of sp³-hybridized carbons (Fsp3) is 0.538. The summed E-state index contributed by atoms with van der Waals surface area (Å²) in [7, 11) is 1.90. The van der Waals surface area contributed by atoms with E-state index >= 15 is 0 Å². The van der Waals surface area contributed by atoms with Gasteiger partial charge in [-0.15, -0.1) is 0 Å². The quantitative estimate of drug-likeness (QED) is 0.873. The van der Waals surface area contributed by atoms with Crippen molar-refractivity contribution in [1.82, 2.24) is 5.32 Å². The zero-order valence-electron chi connectivity index (χ0n) is 10.2. The highest BCUT2D eigenvalue weighted by Gasteiger charge is 2.26. The summed E-state index contributed by atoms with van der Waals surface area (Å²) in [6.07, 6.45) is 0.853. The third-order valence-electron chi connectivity index (χ3n) is 3.11. The first kappa shape index (κ1) is 12.3. The third-order valence-corrected chi connectivity index (χ3v) is 3.11. The fourth-order valence-corrected chi connectivity index (χ4v) is 1.98. The van der Waals surface area contributed by atoms with Gasteiger partial charge in [0.1, 0.15) is 17.7 Å². The van der Waals surface area contributed by atoms with E-state index in [0.717, 1.165) is 13.0 Å². The van der Waals surface area contributed by atoms with Crippen LogP contribution < -0.4 is 10.1 Å². The van der Waals surface area contributed by atoms with Crippen LogP contribution in [-0.4, -0.2) is 32.4 Å². The minimum atomic E-state index is -0.236. The molecule has 0 saturated carbocycles. The Balaban J connectivity index is 2.05. The molecule has 1 aromatic carbocycles. The molecule has 1 aliphatic heterocycles. The summed E-state index contributed by atoms with van der Waals surface area (Å²) < 4.78 is 24.5. The number of ether oxygens (including phenoxy) is 2. The van der Waals surface area contributed by atoms with Gasteiger partial charge in [0.05, 0.1) is 6.61 Å². The van der Waals surface area contributed by atoms with E-state index in [-0.39, 0.29) is 18.0 Å². The molecule has 0 amide bonds. The first-order chi connectivity index (χ1) is 8.20. The minimum absolute atomic E-state index is 0.0594. The predicted octanol–water partition coefficient (Wildman–Crippen LogP) is 1.89. The fourth-order valence-electron chi connectivity index (χ4n) is 1.98. The van der Waals surface area contributed by atoms with Gasteiger partial charge in [-0.1, -0.05) is 6.07 Å². The van der Waals surface area contributed by atoms with Crippen LogP contribution in [0, 0.1) is 12.7 Å². The van der Waals surface area contributed by atoms with Crippen LogP contribution in [0.1, 0.15) is 12.0 Å². The van der Waals surface area contributed by atoms with Gasteiger partial charge in [0.25, 0.3) is 0 Å². The standard InChI is InChI=1S/C13H18FNO2/c1-9-3-4-10(7-11(9)14)17-13-8-16-6-5-12(13)15-2/h3-4,7,12-13,15H,5-6,8H2,1-2H3. The number of rotatable bonds is 3. The summed E-state index contributed by atoms with van der Waals surface area (Å²) in [6.45, 7) is 3.02. The van der Waals surface area contributed by atoms with E-state index in [1.807, 2.05) is 7.05 Å². The zero-order valence-corrected chi connectivity index (χ0v) is 10.2. The lowest BCUT2D eigenvalue weighted by molar-refractivity contribution is -0.0130. The Hall–Kier alpha value is -1.13. The summed E-state index contributed by atoms with van der Waals surface area (Å²) in [6, 6.07) is 5.20. The molecule has 94 valence electrons. The van der Waals surface area contributed by atoms with Crippen molar-refractivity contribution in [1.29, 1.82) is 0 Å². The summed E-state index contributed by atoms with van der Waals surface area (Å²) in [4.78, 5) is 0. The Labute approximate surface area is 101 Å². The molecule has 4 heteroatoms. The molecule has 0 aromatic heterocycles. The predicted molar refractivity (Wildman–Crippen MR) is 63.8 cm³/mol. The van der Waals surface area contributed by atoms with E-state index in [4.69, 9.17) is 9.47 Å². The molecule has 2 rings (SSSR count). The largest absolute Gasteiger partial charge is 0.486 e. The monoisotopic (exact) mass is 239 g/mol. The molecule has 1 heterocycles. The highest BCUT2D eigenvalue weighted by atomic mass is 19.1. The van der Waals surface area contributed by atoms with Gasteiger partial charge in [-0.2, -0.15) is 0 Å². The van der Waals surface area contributed by atoms with Gasteiger partial charge in [-0.05, 0) is 32.0 Å². The number of hydrogen-bond acceptors (Lipinski definition) is 3. The highest BCUT2D eigenvalue weighted by Crippen LogP contribution is 2.20. The molecule has 0 aliphatic carbocycles. The maximum absolute atomic E-state index is 13.4. The zero-order chi connectivity index (χ0) is 12.3. The molecule has 1 saturated heterocycles. The molecule has 1 aromatic rings.